The Morgan fingerprint density at radius 3 is 2.88 bits per heavy atom. The van der Waals surface area contributed by atoms with Gasteiger partial charge in [0.1, 0.15) is 0 Å². The van der Waals surface area contributed by atoms with E-state index in [-0.39, 0.29) is 0 Å². The summed E-state index contributed by atoms with van der Waals surface area (Å²) in [7, 11) is 1.33. The number of aromatic nitrogens is 2. The molecule has 0 bridgehead atoms. The number of rotatable bonds is 2. The molecular formula is C11H8BrClN2O2. The second-order valence-corrected chi connectivity index (χ2v) is 4.51. The molecule has 0 atom stereocenters. The zero-order valence-corrected chi connectivity index (χ0v) is 11.2. The molecule has 0 fully saturated rings. The van der Waals surface area contributed by atoms with Crippen LogP contribution in [0.2, 0.25) is 5.02 Å². The van der Waals surface area contributed by atoms with E-state index in [0.29, 0.717) is 10.7 Å². The summed E-state index contributed by atoms with van der Waals surface area (Å²) in [5.74, 6) is -0.440. The third-order valence-electron chi connectivity index (χ3n) is 2.18. The molecule has 0 N–H and O–H groups in total. The summed E-state index contributed by atoms with van der Waals surface area (Å²) in [5, 5.41) is 4.69. The Hall–Kier alpha value is -1.33. The quantitative estimate of drug-likeness (QED) is 0.800. The minimum Gasteiger partial charge on any atom is -0.464 e. The third kappa shape index (κ3) is 2.35. The van der Waals surface area contributed by atoms with Gasteiger partial charge in [-0.1, -0.05) is 11.6 Å². The summed E-state index contributed by atoms with van der Waals surface area (Å²) < 4.78 is 6.92. The molecule has 0 amide bonds. The van der Waals surface area contributed by atoms with E-state index in [1.54, 1.807) is 24.3 Å². The van der Waals surface area contributed by atoms with Crippen LogP contribution in [0.1, 0.15) is 10.5 Å². The summed E-state index contributed by atoms with van der Waals surface area (Å²) in [4.78, 5) is 11.5. The smallest absolute Gasteiger partial charge is 0.356 e. The molecule has 1 aromatic carbocycles. The molecule has 6 heteroatoms. The van der Waals surface area contributed by atoms with Gasteiger partial charge < -0.3 is 4.74 Å². The second-order valence-electron chi connectivity index (χ2n) is 3.22. The molecule has 1 aromatic heterocycles. The first-order valence-corrected chi connectivity index (χ1v) is 5.88. The normalized spacial score (nSPS) is 10.3. The van der Waals surface area contributed by atoms with E-state index in [4.69, 9.17) is 11.6 Å². The van der Waals surface area contributed by atoms with Crippen molar-refractivity contribution in [3.8, 4) is 5.69 Å². The molecular weight excluding hydrogens is 307 g/mol. The molecule has 0 spiro atoms. The Morgan fingerprint density at radius 2 is 2.24 bits per heavy atom. The summed E-state index contributed by atoms with van der Waals surface area (Å²) in [6, 6.07) is 6.82. The molecule has 4 nitrogen and oxygen atoms in total. The maximum Gasteiger partial charge on any atom is 0.356 e. The highest BCUT2D eigenvalue weighted by atomic mass is 79.9. The lowest BCUT2D eigenvalue weighted by atomic mass is 10.3. The van der Waals surface area contributed by atoms with Gasteiger partial charge in [0.15, 0.2) is 5.69 Å². The van der Waals surface area contributed by atoms with Crippen molar-refractivity contribution in [2.45, 2.75) is 0 Å². The average molecular weight is 316 g/mol. The predicted octanol–water partition coefficient (Wildman–Crippen LogP) is 3.07. The largest absolute Gasteiger partial charge is 0.464 e. The third-order valence-corrected chi connectivity index (χ3v) is 3.05. The Balaban J connectivity index is 2.53. The van der Waals surface area contributed by atoms with Crippen LogP contribution >= 0.6 is 27.5 Å². The molecule has 0 aliphatic heterocycles. The lowest BCUT2D eigenvalue weighted by molar-refractivity contribution is 0.0590. The molecule has 0 aliphatic rings. The molecule has 0 saturated heterocycles. The first kappa shape index (κ1) is 12.1. The van der Waals surface area contributed by atoms with E-state index in [1.807, 2.05) is 0 Å². The van der Waals surface area contributed by atoms with Crippen molar-refractivity contribution in [1.82, 2.24) is 9.78 Å². The van der Waals surface area contributed by atoms with Crippen molar-refractivity contribution in [2.24, 2.45) is 0 Å². The lowest BCUT2D eigenvalue weighted by Gasteiger charge is -2.08. The molecule has 0 radical (unpaired) electrons. The van der Waals surface area contributed by atoms with Crippen molar-refractivity contribution >= 4 is 33.5 Å². The fourth-order valence-electron chi connectivity index (χ4n) is 1.41. The topological polar surface area (TPSA) is 44.1 Å². The number of carbonyl (C=O) groups excluding carboxylic acids is 1. The van der Waals surface area contributed by atoms with Crippen LogP contribution in [0.3, 0.4) is 0 Å². The van der Waals surface area contributed by atoms with Crippen LogP contribution in [-0.4, -0.2) is 22.9 Å². The maximum absolute atomic E-state index is 11.5. The average Bonchev–Trinajstić information content (AvgIpc) is 2.77. The predicted molar refractivity (Wildman–Crippen MR) is 67.6 cm³/mol. The number of hydrogen-bond donors (Lipinski definition) is 0. The SMILES string of the molecule is COC(=O)c1ccnn1-c1ccc(Cl)cc1Br. The van der Waals surface area contributed by atoms with Crippen LogP contribution < -0.4 is 0 Å². The van der Waals surface area contributed by atoms with Gasteiger partial charge in [-0.3, -0.25) is 0 Å². The molecule has 0 saturated carbocycles. The van der Waals surface area contributed by atoms with Crippen LogP contribution in [-0.2, 0) is 4.74 Å². The molecule has 1 heterocycles. The second kappa shape index (κ2) is 4.89. The summed E-state index contributed by atoms with van der Waals surface area (Å²) >= 11 is 9.23. The zero-order valence-electron chi connectivity index (χ0n) is 8.85. The van der Waals surface area contributed by atoms with Crippen molar-refractivity contribution < 1.29 is 9.53 Å². The molecule has 88 valence electrons. The number of methoxy groups -OCH3 is 1. The fourth-order valence-corrected chi connectivity index (χ4v) is 2.26. The molecule has 0 unspecified atom stereocenters. The van der Waals surface area contributed by atoms with E-state index in [1.165, 1.54) is 18.0 Å². The van der Waals surface area contributed by atoms with E-state index in [9.17, 15) is 4.79 Å². The van der Waals surface area contributed by atoms with Crippen LogP contribution in [0.5, 0.6) is 0 Å². The van der Waals surface area contributed by atoms with Crippen molar-refractivity contribution in [3.63, 3.8) is 0 Å². The van der Waals surface area contributed by atoms with E-state index in [0.717, 1.165) is 10.2 Å². The number of esters is 1. The molecule has 2 aromatic rings. The van der Waals surface area contributed by atoms with Crippen LogP contribution in [0.4, 0.5) is 0 Å². The Kier molecular flexibility index (Phi) is 3.49. The van der Waals surface area contributed by atoms with Gasteiger partial charge in [-0.15, -0.1) is 0 Å². The summed E-state index contributed by atoms with van der Waals surface area (Å²) in [6.45, 7) is 0. The van der Waals surface area contributed by atoms with Crippen molar-refractivity contribution in [1.29, 1.82) is 0 Å². The van der Waals surface area contributed by atoms with Gasteiger partial charge in [-0.25, -0.2) is 9.48 Å². The number of carbonyl (C=O) groups is 1. The highest BCUT2D eigenvalue weighted by Crippen LogP contribution is 2.25. The van der Waals surface area contributed by atoms with E-state index in [2.05, 4.69) is 25.8 Å². The van der Waals surface area contributed by atoms with Gasteiger partial charge in [0.2, 0.25) is 0 Å². The lowest BCUT2D eigenvalue weighted by Crippen LogP contribution is -2.10. The number of benzene rings is 1. The molecule has 2 rings (SSSR count). The minimum atomic E-state index is -0.440. The summed E-state index contributed by atoms with van der Waals surface area (Å²) in [5.41, 5.74) is 1.08. The highest BCUT2D eigenvalue weighted by molar-refractivity contribution is 9.10. The standard InChI is InChI=1S/C11H8BrClN2O2/c1-17-11(16)10-4-5-14-15(10)9-3-2-7(13)6-8(9)12/h2-6H,1H3. The van der Waals surface area contributed by atoms with E-state index >= 15 is 0 Å². The van der Waals surface area contributed by atoms with Gasteiger partial charge in [0.25, 0.3) is 0 Å². The monoisotopic (exact) mass is 314 g/mol. The van der Waals surface area contributed by atoms with Crippen LogP contribution in [0.25, 0.3) is 5.69 Å². The number of ether oxygens (including phenoxy) is 1. The van der Waals surface area contributed by atoms with E-state index < -0.39 is 5.97 Å². The van der Waals surface area contributed by atoms with Crippen LogP contribution in [0.15, 0.2) is 34.9 Å². The Bertz CT molecular complexity index is 568. The first-order chi connectivity index (χ1) is 8.13. The summed E-state index contributed by atoms with van der Waals surface area (Å²) in [6.07, 6.45) is 1.54. The number of nitrogens with zero attached hydrogens (tertiary/aromatic N) is 2. The number of halogens is 2. The van der Waals surface area contributed by atoms with Gasteiger partial charge in [-0.05, 0) is 40.2 Å². The Morgan fingerprint density at radius 1 is 1.47 bits per heavy atom. The van der Waals surface area contributed by atoms with Crippen LogP contribution in [0, 0.1) is 0 Å². The van der Waals surface area contributed by atoms with Gasteiger partial charge in [0.05, 0.1) is 19.0 Å². The first-order valence-electron chi connectivity index (χ1n) is 4.71. The van der Waals surface area contributed by atoms with Gasteiger partial charge in [-0.2, -0.15) is 5.10 Å². The van der Waals surface area contributed by atoms with Gasteiger partial charge in [0, 0.05) is 9.50 Å². The molecule has 0 aliphatic carbocycles. The minimum absolute atomic E-state index is 0.357. The van der Waals surface area contributed by atoms with Crippen molar-refractivity contribution in [2.75, 3.05) is 7.11 Å². The van der Waals surface area contributed by atoms with Crippen molar-refractivity contribution in [3.05, 3.63) is 45.7 Å². The Labute approximate surface area is 111 Å². The zero-order chi connectivity index (χ0) is 12.4. The fraction of sp³-hybridized carbons (Fsp3) is 0.0909. The maximum atomic E-state index is 11.5. The highest BCUT2D eigenvalue weighted by Gasteiger charge is 2.15. The molecule has 17 heavy (non-hydrogen) atoms. The number of hydrogen-bond acceptors (Lipinski definition) is 3. The van der Waals surface area contributed by atoms with Gasteiger partial charge >= 0.3 is 5.97 Å².